The molecule has 1 aromatic heterocycles. The molecule has 1 rings (SSSR count). The van der Waals surface area contributed by atoms with Gasteiger partial charge in [0.1, 0.15) is 5.82 Å². The largest absolute Gasteiger partial charge is 0.385 e. The minimum Gasteiger partial charge on any atom is -0.385 e. The molecule has 0 aliphatic carbocycles. The van der Waals surface area contributed by atoms with E-state index in [2.05, 4.69) is 29.1 Å². The molecule has 0 spiro atoms. The highest BCUT2D eigenvalue weighted by Crippen LogP contribution is 2.20. The van der Waals surface area contributed by atoms with Crippen LogP contribution in [0.25, 0.3) is 0 Å². The van der Waals surface area contributed by atoms with Crippen LogP contribution >= 0.6 is 0 Å². The summed E-state index contributed by atoms with van der Waals surface area (Å²) >= 11 is 0. The van der Waals surface area contributed by atoms with Crippen molar-refractivity contribution < 1.29 is 4.74 Å². The second kappa shape index (κ2) is 5.65. The summed E-state index contributed by atoms with van der Waals surface area (Å²) in [6.07, 6.45) is 2.64. The van der Waals surface area contributed by atoms with Gasteiger partial charge in [0.15, 0.2) is 0 Å². The number of nitrogens with two attached hydrogens (primary N) is 1. The highest BCUT2D eigenvalue weighted by molar-refractivity contribution is 5.37. The summed E-state index contributed by atoms with van der Waals surface area (Å²) < 4.78 is 5.08. The lowest BCUT2D eigenvalue weighted by atomic mass is 9.90. The van der Waals surface area contributed by atoms with Crippen molar-refractivity contribution in [1.29, 1.82) is 0 Å². The second-order valence-corrected chi connectivity index (χ2v) is 4.56. The first kappa shape index (κ1) is 12.7. The van der Waals surface area contributed by atoms with Gasteiger partial charge in [-0.3, -0.25) is 0 Å². The number of hydrogen-bond acceptors (Lipinski definition) is 5. The van der Waals surface area contributed by atoms with Crippen LogP contribution in [-0.4, -0.2) is 30.2 Å². The van der Waals surface area contributed by atoms with Gasteiger partial charge in [0.05, 0.1) is 0 Å². The van der Waals surface area contributed by atoms with Gasteiger partial charge in [-0.2, -0.15) is 4.98 Å². The maximum atomic E-state index is 5.50. The molecule has 0 saturated carbocycles. The molecular weight excluding hydrogens is 204 g/mol. The molecule has 0 aromatic carbocycles. The minimum absolute atomic E-state index is 0.162. The first-order valence-electron chi connectivity index (χ1n) is 5.35. The fourth-order valence-corrected chi connectivity index (χ4v) is 1.27. The van der Waals surface area contributed by atoms with E-state index in [1.54, 1.807) is 13.3 Å². The summed E-state index contributed by atoms with van der Waals surface area (Å²) in [6, 6.07) is 1.81. The number of aromatic nitrogens is 2. The van der Waals surface area contributed by atoms with Gasteiger partial charge in [-0.1, -0.05) is 13.8 Å². The third-order valence-electron chi connectivity index (χ3n) is 2.41. The standard InChI is InChI=1S/C11H20N4O/c1-11(2,5-7-16-3)8-14-9-4-6-13-10(12)15-9/h4,6H,5,7-8H2,1-3H3,(H3,12,13,14,15). The molecule has 0 bridgehead atoms. The van der Waals surface area contributed by atoms with Crippen molar-refractivity contribution in [1.82, 2.24) is 9.97 Å². The van der Waals surface area contributed by atoms with Crippen LogP contribution in [0.3, 0.4) is 0 Å². The lowest BCUT2D eigenvalue weighted by molar-refractivity contribution is 0.157. The molecule has 90 valence electrons. The summed E-state index contributed by atoms with van der Waals surface area (Å²) in [7, 11) is 1.72. The lowest BCUT2D eigenvalue weighted by Gasteiger charge is -2.24. The Morgan fingerprint density at radius 3 is 2.88 bits per heavy atom. The van der Waals surface area contributed by atoms with E-state index in [0.717, 1.165) is 25.4 Å². The van der Waals surface area contributed by atoms with E-state index in [1.165, 1.54) is 0 Å². The molecule has 5 heteroatoms. The van der Waals surface area contributed by atoms with Gasteiger partial charge in [-0.05, 0) is 17.9 Å². The maximum absolute atomic E-state index is 5.50. The molecule has 0 radical (unpaired) electrons. The quantitative estimate of drug-likeness (QED) is 0.766. The molecule has 0 atom stereocenters. The van der Waals surface area contributed by atoms with E-state index in [-0.39, 0.29) is 5.41 Å². The number of rotatable bonds is 6. The van der Waals surface area contributed by atoms with E-state index in [4.69, 9.17) is 10.5 Å². The second-order valence-electron chi connectivity index (χ2n) is 4.56. The summed E-state index contributed by atoms with van der Waals surface area (Å²) in [5.74, 6) is 1.05. The first-order valence-corrected chi connectivity index (χ1v) is 5.35. The van der Waals surface area contributed by atoms with E-state index >= 15 is 0 Å². The van der Waals surface area contributed by atoms with Crippen LogP contribution < -0.4 is 11.1 Å². The first-order chi connectivity index (χ1) is 7.53. The highest BCUT2D eigenvalue weighted by atomic mass is 16.5. The number of ether oxygens (including phenoxy) is 1. The van der Waals surface area contributed by atoms with Crippen LogP contribution in [0.15, 0.2) is 12.3 Å². The number of methoxy groups -OCH3 is 1. The van der Waals surface area contributed by atoms with E-state index in [1.807, 2.05) is 6.07 Å². The Morgan fingerprint density at radius 2 is 2.25 bits per heavy atom. The zero-order chi connectivity index (χ0) is 12.0. The summed E-state index contributed by atoms with van der Waals surface area (Å²) in [4.78, 5) is 7.92. The SMILES string of the molecule is COCCC(C)(C)CNc1ccnc(N)n1. The molecular formula is C11H20N4O. The Bertz CT molecular complexity index is 328. The van der Waals surface area contributed by atoms with Crippen LogP contribution in [-0.2, 0) is 4.74 Å². The number of nitrogens with zero attached hydrogens (tertiary/aromatic N) is 2. The lowest BCUT2D eigenvalue weighted by Crippen LogP contribution is -2.25. The normalized spacial score (nSPS) is 11.4. The fraction of sp³-hybridized carbons (Fsp3) is 0.636. The molecule has 0 amide bonds. The maximum Gasteiger partial charge on any atom is 0.221 e. The van der Waals surface area contributed by atoms with Crippen LogP contribution in [0.5, 0.6) is 0 Å². The minimum atomic E-state index is 0.162. The molecule has 1 heterocycles. The predicted octanol–water partition coefficient (Wildman–Crippen LogP) is 1.53. The van der Waals surface area contributed by atoms with Crippen molar-refractivity contribution >= 4 is 11.8 Å². The van der Waals surface area contributed by atoms with Gasteiger partial charge in [0.25, 0.3) is 0 Å². The van der Waals surface area contributed by atoms with Gasteiger partial charge in [-0.15, -0.1) is 0 Å². The number of nitrogen functional groups attached to an aromatic ring is 1. The van der Waals surface area contributed by atoms with Crippen LogP contribution in [0.4, 0.5) is 11.8 Å². The van der Waals surface area contributed by atoms with Crippen LogP contribution in [0.1, 0.15) is 20.3 Å². The highest BCUT2D eigenvalue weighted by Gasteiger charge is 2.17. The summed E-state index contributed by atoms with van der Waals surface area (Å²) in [6.45, 7) is 5.96. The van der Waals surface area contributed by atoms with Gasteiger partial charge in [-0.25, -0.2) is 4.98 Å². The van der Waals surface area contributed by atoms with Crippen molar-refractivity contribution in [3.8, 4) is 0 Å². The number of anilines is 2. The Labute approximate surface area is 96.4 Å². The van der Waals surface area contributed by atoms with Crippen molar-refractivity contribution in [3.05, 3.63) is 12.3 Å². The molecule has 0 fully saturated rings. The van der Waals surface area contributed by atoms with Crippen LogP contribution in [0, 0.1) is 5.41 Å². The summed E-state index contributed by atoms with van der Waals surface area (Å²) in [5.41, 5.74) is 5.66. The van der Waals surface area contributed by atoms with Crippen molar-refractivity contribution in [3.63, 3.8) is 0 Å². The zero-order valence-electron chi connectivity index (χ0n) is 10.2. The average Bonchev–Trinajstić information content (AvgIpc) is 2.24. The molecule has 16 heavy (non-hydrogen) atoms. The third-order valence-corrected chi connectivity index (χ3v) is 2.41. The fourth-order valence-electron chi connectivity index (χ4n) is 1.27. The Morgan fingerprint density at radius 1 is 1.50 bits per heavy atom. The van der Waals surface area contributed by atoms with E-state index in [9.17, 15) is 0 Å². The average molecular weight is 224 g/mol. The van der Waals surface area contributed by atoms with Crippen molar-refractivity contribution in [2.75, 3.05) is 31.3 Å². The summed E-state index contributed by atoms with van der Waals surface area (Å²) in [5, 5.41) is 3.25. The van der Waals surface area contributed by atoms with Gasteiger partial charge in [0.2, 0.25) is 5.95 Å². The molecule has 0 aliphatic heterocycles. The zero-order valence-corrected chi connectivity index (χ0v) is 10.2. The monoisotopic (exact) mass is 224 g/mol. The molecule has 0 saturated heterocycles. The van der Waals surface area contributed by atoms with Crippen molar-refractivity contribution in [2.45, 2.75) is 20.3 Å². The topological polar surface area (TPSA) is 73.1 Å². The van der Waals surface area contributed by atoms with Crippen LogP contribution in [0.2, 0.25) is 0 Å². The molecule has 0 unspecified atom stereocenters. The van der Waals surface area contributed by atoms with Crippen molar-refractivity contribution in [2.24, 2.45) is 5.41 Å². The Balaban J connectivity index is 2.44. The smallest absolute Gasteiger partial charge is 0.221 e. The number of nitrogens with one attached hydrogen (secondary N) is 1. The molecule has 5 nitrogen and oxygen atoms in total. The molecule has 3 N–H and O–H groups in total. The molecule has 1 aromatic rings. The van der Waals surface area contributed by atoms with E-state index in [0.29, 0.717) is 5.95 Å². The van der Waals surface area contributed by atoms with Gasteiger partial charge in [0, 0.05) is 26.5 Å². The number of hydrogen-bond donors (Lipinski definition) is 2. The Hall–Kier alpha value is -1.36. The van der Waals surface area contributed by atoms with Gasteiger partial charge < -0.3 is 15.8 Å². The van der Waals surface area contributed by atoms with E-state index < -0.39 is 0 Å². The van der Waals surface area contributed by atoms with Gasteiger partial charge >= 0.3 is 0 Å². The predicted molar refractivity (Wildman–Crippen MR) is 65.2 cm³/mol. The Kier molecular flexibility index (Phi) is 4.49. The molecule has 0 aliphatic rings. The third kappa shape index (κ3) is 4.44.